The van der Waals surface area contributed by atoms with E-state index in [4.69, 9.17) is 5.84 Å². The van der Waals surface area contributed by atoms with Crippen molar-refractivity contribution in [2.75, 3.05) is 25.4 Å². The Labute approximate surface area is 105 Å². The van der Waals surface area contributed by atoms with Gasteiger partial charge in [-0.15, -0.1) is 11.8 Å². The molecule has 1 atom stereocenters. The van der Waals surface area contributed by atoms with E-state index in [1.165, 1.54) is 0 Å². The summed E-state index contributed by atoms with van der Waals surface area (Å²) >= 11 is 1.65. The van der Waals surface area contributed by atoms with E-state index in [0.29, 0.717) is 18.8 Å². The largest absolute Gasteiger partial charge is 0.327 e. The summed E-state index contributed by atoms with van der Waals surface area (Å²) in [6, 6.07) is 0. The van der Waals surface area contributed by atoms with Gasteiger partial charge in [-0.1, -0.05) is 0 Å². The van der Waals surface area contributed by atoms with Crippen LogP contribution in [0.25, 0.3) is 0 Å². The Kier molecular flexibility index (Phi) is 3.33. The lowest BCUT2D eigenvalue weighted by molar-refractivity contribution is -0.134. The third-order valence-electron chi connectivity index (χ3n) is 3.49. The molecule has 2 saturated heterocycles. The van der Waals surface area contributed by atoms with Crippen LogP contribution in [0.4, 0.5) is 0 Å². The van der Waals surface area contributed by atoms with Gasteiger partial charge in [-0.2, -0.15) is 0 Å². The van der Waals surface area contributed by atoms with E-state index in [9.17, 15) is 9.59 Å². The number of hydrazine groups is 1. The number of nitrogens with zero attached hydrogens (tertiary/aromatic N) is 2. The highest BCUT2D eigenvalue weighted by Gasteiger charge is 2.48. The quantitative estimate of drug-likeness (QED) is 0.376. The first-order valence-corrected chi connectivity index (χ1v) is 6.67. The van der Waals surface area contributed by atoms with Crippen molar-refractivity contribution in [1.82, 2.24) is 15.2 Å². The van der Waals surface area contributed by atoms with Crippen LogP contribution in [0.1, 0.15) is 13.8 Å². The van der Waals surface area contributed by atoms with Crippen molar-refractivity contribution in [3.05, 3.63) is 0 Å². The summed E-state index contributed by atoms with van der Waals surface area (Å²) in [7, 11) is 0. The predicted octanol–water partition coefficient (Wildman–Crippen LogP) is -1.03. The second-order valence-electron chi connectivity index (χ2n) is 4.89. The lowest BCUT2D eigenvalue weighted by Gasteiger charge is -2.49. The second-order valence-corrected chi connectivity index (χ2v) is 5.96. The maximum atomic E-state index is 11.7. The number of rotatable bonds is 2. The van der Waals surface area contributed by atoms with E-state index in [1.807, 2.05) is 4.90 Å². The van der Waals surface area contributed by atoms with Crippen molar-refractivity contribution in [2.45, 2.75) is 24.8 Å². The van der Waals surface area contributed by atoms with Crippen molar-refractivity contribution in [2.24, 2.45) is 5.84 Å². The highest BCUT2D eigenvalue weighted by molar-refractivity contribution is 8.01. The van der Waals surface area contributed by atoms with Crippen LogP contribution in [0.2, 0.25) is 0 Å². The fraction of sp³-hybridized carbons (Fsp3) is 0.800. The third-order valence-corrected chi connectivity index (χ3v) is 5.05. The van der Waals surface area contributed by atoms with E-state index < -0.39 is 0 Å². The SMILES string of the molecule is CC1(C)[C@@H]2SCC(=O)N2CCN1CC(=O)NN. The van der Waals surface area contributed by atoms with Gasteiger partial charge in [0.2, 0.25) is 11.8 Å². The van der Waals surface area contributed by atoms with Gasteiger partial charge in [0.15, 0.2) is 0 Å². The number of nitrogens with two attached hydrogens (primary N) is 1. The van der Waals surface area contributed by atoms with Crippen LogP contribution in [-0.2, 0) is 9.59 Å². The molecule has 0 aromatic heterocycles. The zero-order valence-electron chi connectivity index (χ0n) is 10.1. The van der Waals surface area contributed by atoms with Gasteiger partial charge in [0.05, 0.1) is 17.7 Å². The fourth-order valence-electron chi connectivity index (χ4n) is 2.46. The minimum absolute atomic E-state index is 0.134. The first-order chi connectivity index (χ1) is 7.96. The van der Waals surface area contributed by atoms with Gasteiger partial charge in [-0.3, -0.25) is 19.9 Å². The van der Waals surface area contributed by atoms with Crippen LogP contribution >= 0.6 is 11.8 Å². The molecule has 2 aliphatic rings. The summed E-state index contributed by atoms with van der Waals surface area (Å²) in [5, 5.41) is 0.134. The number of amides is 2. The van der Waals surface area contributed by atoms with Gasteiger partial charge >= 0.3 is 0 Å². The molecule has 2 fully saturated rings. The average molecular weight is 258 g/mol. The number of piperazine rings is 1. The maximum absolute atomic E-state index is 11.7. The van der Waals surface area contributed by atoms with Gasteiger partial charge in [0.1, 0.15) is 0 Å². The summed E-state index contributed by atoms with van der Waals surface area (Å²) in [5.74, 6) is 5.67. The molecule has 0 spiro atoms. The Morgan fingerprint density at radius 2 is 2.29 bits per heavy atom. The number of thioether (sulfide) groups is 1. The molecule has 2 rings (SSSR count). The molecule has 0 aromatic rings. The zero-order valence-corrected chi connectivity index (χ0v) is 10.9. The predicted molar refractivity (Wildman–Crippen MR) is 65.9 cm³/mol. The molecule has 2 heterocycles. The molecular formula is C10H18N4O2S. The van der Waals surface area contributed by atoms with Gasteiger partial charge in [0, 0.05) is 18.6 Å². The lowest BCUT2D eigenvalue weighted by atomic mass is 9.98. The number of hydrogen-bond donors (Lipinski definition) is 2. The van der Waals surface area contributed by atoms with E-state index >= 15 is 0 Å². The Bertz CT molecular complexity index is 347. The van der Waals surface area contributed by atoms with Crippen molar-refractivity contribution < 1.29 is 9.59 Å². The molecule has 96 valence electrons. The molecule has 3 N–H and O–H groups in total. The molecule has 0 aromatic carbocycles. The van der Waals surface area contributed by atoms with E-state index in [2.05, 4.69) is 24.2 Å². The first kappa shape index (κ1) is 12.7. The van der Waals surface area contributed by atoms with Crippen LogP contribution < -0.4 is 11.3 Å². The highest BCUT2D eigenvalue weighted by atomic mass is 32.2. The van der Waals surface area contributed by atoms with Crippen LogP contribution in [0.5, 0.6) is 0 Å². The standard InChI is InChI=1S/C10H18N4O2S/c1-10(2)9-14(8(16)6-17-9)4-3-13(10)5-7(15)12-11/h9H,3-6,11H2,1-2H3,(H,12,15)/t9-/m0/s1. The van der Waals surface area contributed by atoms with Gasteiger partial charge in [-0.25, -0.2) is 5.84 Å². The topological polar surface area (TPSA) is 78.7 Å². The van der Waals surface area contributed by atoms with Gasteiger partial charge in [-0.05, 0) is 13.8 Å². The summed E-state index contributed by atoms with van der Waals surface area (Å²) < 4.78 is 0. The summed E-state index contributed by atoms with van der Waals surface area (Å²) in [5.41, 5.74) is 1.94. The normalized spacial score (nSPS) is 28.1. The Hall–Kier alpha value is -0.790. The smallest absolute Gasteiger partial charge is 0.248 e. The molecule has 17 heavy (non-hydrogen) atoms. The number of fused-ring (bicyclic) bond motifs is 1. The highest BCUT2D eigenvalue weighted by Crippen LogP contribution is 2.38. The van der Waals surface area contributed by atoms with Crippen LogP contribution in [-0.4, -0.2) is 57.9 Å². The number of hydrogen-bond acceptors (Lipinski definition) is 5. The molecular weight excluding hydrogens is 240 g/mol. The molecule has 0 radical (unpaired) electrons. The van der Waals surface area contributed by atoms with Crippen molar-refractivity contribution in [3.8, 4) is 0 Å². The minimum Gasteiger partial charge on any atom is -0.327 e. The van der Waals surface area contributed by atoms with Gasteiger partial charge < -0.3 is 4.90 Å². The molecule has 0 bridgehead atoms. The number of carbonyl (C=O) groups excluding carboxylic acids is 2. The Balaban J connectivity index is 2.12. The molecule has 0 saturated carbocycles. The Morgan fingerprint density at radius 1 is 1.59 bits per heavy atom. The second kappa shape index (κ2) is 4.47. The molecule has 6 nitrogen and oxygen atoms in total. The molecule has 0 unspecified atom stereocenters. The monoisotopic (exact) mass is 258 g/mol. The van der Waals surface area contributed by atoms with Gasteiger partial charge in [0.25, 0.3) is 0 Å². The molecule has 7 heteroatoms. The average Bonchev–Trinajstić information content (AvgIpc) is 2.65. The molecule has 0 aliphatic carbocycles. The van der Waals surface area contributed by atoms with Crippen molar-refractivity contribution in [1.29, 1.82) is 0 Å². The molecule has 2 amide bonds. The minimum atomic E-state index is -0.207. The van der Waals surface area contributed by atoms with Crippen LogP contribution in [0.15, 0.2) is 0 Å². The summed E-state index contributed by atoms with van der Waals surface area (Å²) in [6.45, 7) is 5.82. The fourth-order valence-corrected chi connectivity index (χ4v) is 3.88. The first-order valence-electron chi connectivity index (χ1n) is 5.62. The summed E-state index contributed by atoms with van der Waals surface area (Å²) in [4.78, 5) is 27.0. The lowest BCUT2D eigenvalue weighted by Crippen LogP contribution is -2.64. The van der Waals surface area contributed by atoms with Crippen molar-refractivity contribution >= 4 is 23.6 Å². The number of carbonyl (C=O) groups is 2. The molecule has 2 aliphatic heterocycles. The maximum Gasteiger partial charge on any atom is 0.248 e. The summed E-state index contributed by atoms with van der Waals surface area (Å²) in [6.07, 6.45) is 0. The zero-order chi connectivity index (χ0) is 12.6. The van der Waals surface area contributed by atoms with Crippen molar-refractivity contribution in [3.63, 3.8) is 0 Å². The van der Waals surface area contributed by atoms with Crippen LogP contribution in [0.3, 0.4) is 0 Å². The third kappa shape index (κ3) is 2.14. The van der Waals surface area contributed by atoms with E-state index in [1.54, 1.807) is 11.8 Å². The van der Waals surface area contributed by atoms with Crippen LogP contribution in [0, 0.1) is 0 Å². The number of nitrogens with one attached hydrogen (secondary N) is 1. The Morgan fingerprint density at radius 3 is 2.94 bits per heavy atom. The van der Waals surface area contributed by atoms with E-state index in [0.717, 1.165) is 0 Å². The van der Waals surface area contributed by atoms with E-state index in [-0.39, 0.29) is 29.3 Å².